The zero-order valence-corrected chi connectivity index (χ0v) is 19.0. The average molecular weight is 458 g/mol. The summed E-state index contributed by atoms with van der Waals surface area (Å²) in [5, 5.41) is 2.91. The van der Waals surface area contributed by atoms with Gasteiger partial charge in [-0.2, -0.15) is 0 Å². The first-order valence-corrected chi connectivity index (χ1v) is 10.7. The van der Waals surface area contributed by atoms with E-state index in [0.717, 1.165) is 50.4 Å². The standard InChI is InChI=1S/C24H27N3O4.ClH/c1-17-3-5-18(6-4-17)16-27-23(29)20-8-7-19(15-21(20)24(27)30)22(28)25-9-2-10-26-11-13-31-14-12-26;/h3-8,15H,2,9-14,16H2,1H3,(H,25,28);1H. The van der Waals surface area contributed by atoms with E-state index >= 15 is 0 Å². The number of benzene rings is 2. The van der Waals surface area contributed by atoms with E-state index in [-0.39, 0.29) is 42.2 Å². The number of nitrogens with one attached hydrogen (secondary N) is 1. The maximum absolute atomic E-state index is 12.8. The van der Waals surface area contributed by atoms with Gasteiger partial charge >= 0.3 is 0 Å². The van der Waals surface area contributed by atoms with Crippen LogP contribution in [0.2, 0.25) is 0 Å². The number of carbonyl (C=O) groups excluding carboxylic acids is 3. The van der Waals surface area contributed by atoms with Crippen molar-refractivity contribution in [3.63, 3.8) is 0 Å². The molecule has 1 saturated heterocycles. The third-order valence-corrected chi connectivity index (χ3v) is 5.73. The molecule has 0 aromatic heterocycles. The van der Waals surface area contributed by atoms with Gasteiger partial charge in [0.05, 0.1) is 30.9 Å². The first-order chi connectivity index (χ1) is 15.0. The molecule has 0 unspecified atom stereocenters. The summed E-state index contributed by atoms with van der Waals surface area (Å²) in [6, 6.07) is 12.4. The molecular formula is C24H28ClN3O4. The predicted molar refractivity (Wildman–Crippen MR) is 123 cm³/mol. The van der Waals surface area contributed by atoms with Crippen molar-refractivity contribution in [2.24, 2.45) is 0 Å². The summed E-state index contributed by atoms with van der Waals surface area (Å²) in [5.74, 6) is -0.914. The quantitative estimate of drug-likeness (QED) is 0.511. The van der Waals surface area contributed by atoms with Crippen LogP contribution in [-0.4, -0.2) is 66.9 Å². The fourth-order valence-electron chi connectivity index (χ4n) is 3.88. The van der Waals surface area contributed by atoms with Crippen molar-refractivity contribution in [2.45, 2.75) is 19.9 Å². The number of amides is 3. The van der Waals surface area contributed by atoms with Crippen LogP contribution in [0, 0.1) is 6.92 Å². The minimum absolute atomic E-state index is 0. The van der Waals surface area contributed by atoms with Gasteiger partial charge in [0.15, 0.2) is 0 Å². The molecule has 2 aliphatic heterocycles. The third-order valence-electron chi connectivity index (χ3n) is 5.73. The molecule has 2 aliphatic rings. The highest BCUT2D eigenvalue weighted by atomic mass is 35.5. The lowest BCUT2D eigenvalue weighted by Crippen LogP contribution is -2.38. The lowest BCUT2D eigenvalue weighted by atomic mass is 10.1. The van der Waals surface area contributed by atoms with Gasteiger partial charge in [-0.3, -0.25) is 24.2 Å². The Bertz CT molecular complexity index is 987. The highest BCUT2D eigenvalue weighted by Gasteiger charge is 2.36. The molecular weight excluding hydrogens is 430 g/mol. The van der Waals surface area contributed by atoms with E-state index in [1.165, 1.54) is 11.0 Å². The van der Waals surface area contributed by atoms with Crippen LogP contribution >= 0.6 is 12.4 Å². The van der Waals surface area contributed by atoms with Crippen LogP contribution in [-0.2, 0) is 11.3 Å². The molecule has 0 aliphatic carbocycles. The number of carbonyl (C=O) groups is 3. The predicted octanol–water partition coefficient (Wildman–Crippen LogP) is 2.67. The Morgan fingerprint density at radius 2 is 1.69 bits per heavy atom. The topological polar surface area (TPSA) is 79.0 Å². The average Bonchev–Trinajstić information content (AvgIpc) is 3.03. The number of halogens is 1. The van der Waals surface area contributed by atoms with E-state index < -0.39 is 0 Å². The highest BCUT2D eigenvalue weighted by molar-refractivity contribution is 6.22. The number of hydrogen-bond acceptors (Lipinski definition) is 5. The second kappa shape index (κ2) is 10.7. The van der Waals surface area contributed by atoms with E-state index in [9.17, 15) is 14.4 Å². The smallest absolute Gasteiger partial charge is 0.261 e. The van der Waals surface area contributed by atoms with E-state index in [4.69, 9.17) is 4.74 Å². The molecule has 0 bridgehead atoms. The van der Waals surface area contributed by atoms with Gasteiger partial charge < -0.3 is 10.1 Å². The van der Waals surface area contributed by atoms with Crippen molar-refractivity contribution >= 4 is 30.1 Å². The Morgan fingerprint density at radius 3 is 2.41 bits per heavy atom. The van der Waals surface area contributed by atoms with Crippen molar-refractivity contribution in [3.05, 3.63) is 70.3 Å². The Labute approximate surface area is 194 Å². The third kappa shape index (κ3) is 5.35. The summed E-state index contributed by atoms with van der Waals surface area (Å²) in [6.45, 7) is 7.04. The molecule has 0 atom stereocenters. The largest absolute Gasteiger partial charge is 0.379 e. The van der Waals surface area contributed by atoms with Gasteiger partial charge in [-0.15, -0.1) is 12.4 Å². The number of nitrogens with zero attached hydrogens (tertiary/aromatic N) is 2. The molecule has 4 rings (SSSR count). The van der Waals surface area contributed by atoms with Gasteiger partial charge in [0.2, 0.25) is 0 Å². The van der Waals surface area contributed by atoms with Crippen LogP contribution < -0.4 is 5.32 Å². The summed E-state index contributed by atoms with van der Waals surface area (Å²) in [4.78, 5) is 41.6. The van der Waals surface area contributed by atoms with Crippen LogP contribution in [0.5, 0.6) is 0 Å². The number of hydrogen-bond donors (Lipinski definition) is 1. The van der Waals surface area contributed by atoms with Crippen LogP contribution in [0.3, 0.4) is 0 Å². The second-order valence-corrected chi connectivity index (χ2v) is 8.01. The molecule has 8 heteroatoms. The van der Waals surface area contributed by atoms with E-state index in [0.29, 0.717) is 17.7 Å². The molecule has 2 aromatic carbocycles. The molecule has 1 N–H and O–H groups in total. The van der Waals surface area contributed by atoms with Crippen molar-refractivity contribution < 1.29 is 19.1 Å². The Hall–Kier alpha value is -2.74. The lowest BCUT2D eigenvalue weighted by Gasteiger charge is -2.26. The zero-order chi connectivity index (χ0) is 21.8. The number of fused-ring (bicyclic) bond motifs is 1. The molecule has 7 nitrogen and oxygen atoms in total. The Balaban J connectivity index is 0.00000289. The number of aryl methyl sites for hydroxylation is 1. The summed E-state index contributed by atoms with van der Waals surface area (Å²) in [6.07, 6.45) is 0.846. The molecule has 32 heavy (non-hydrogen) atoms. The molecule has 0 spiro atoms. The summed E-state index contributed by atoms with van der Waals surface area (Å²) >= 11 is 0. The number of imide groups is 1. The molecule has 0 radical (unpaired) electrons. The van der Waals surface area contributed by atoms with E-state index in [2.05, 4.69) is 10.2 Å². The van der Waals surface area contributed by atoms with Gasteiger partial charge in [0.1, 0.15) is 0 Å². The van der Waals surface area contributed by atoms with E-state index in [1.807, 2.05) is 31.2 Å². The maximum atomic E-state index is 12.8. The van der Waals surface area contributed by atoms with Crippen molar-refractivity contribution in [1.29, 1.82) is 0 Å². The van der Waals surface area contributed by atoms with Gasteiger partial charge in [-0.1, -0.05) is 29.8 Å². The lowest BCUT2D eigenvalue weighted by molar-refractivity contribution is 0.0374. The Morgan fingerprint density at radius 1 is 1.00 bits per heavy atom. The summed E-state index contributed by atoms with van der Waals surface area (Å²) < 4.78 is 5.33. The van der Waals surface area contributed by atoms with Gasteiger partial charge in [0.25, 0.3) is 17.7 Å². The minimum Gasteiger partial charge on any atom is -0.379 e. The van der Waals surface area contributed by atoms with Crippen LogP contribution in [0.1, 0.15) is 48.6 Å². The number of ether oxygens (including phenoxy) is 1. The molecule has 2 heterocycles. The molecule has 0 saturated carbocycles. The molecule has 1 fully saturated rings. The number of morpholine rings is 1. The summed E-state index contributed by atoms with van der Waals surface area (Å²) in [5.41, 5.74) is 3.03. The van der Waals surface area contributed by atoms with Crippen molar-refractivity contribution in [2.75, 3.05) is 39.4 Å². The molecule has 3 amide bonds. The monoisotopic (exact) mass is 457 g/mol. The normalized spacial score (nSPS) is 16.0. The van der Waals surface area contributed by atoms with Crippen LogP contribution in [0.25, 0.3) is 0 Å². The molecule has 2 aromatic rings. The second-order valence-electron chi connectivity index (χ2n) is 8.01. The minimum atomic E-state index is -0.359. The molecule has 170 valence electrons. The maximum Gasteiger partial charge on any atom is 0.261 e. The van der Waals surface area contributed by atoms with Crippen molar-refractivity contribution in [1.82, 2.24) is 15.1 Å². The van der Waals surface area contributed by atoms with Crippen molar-refractivity contribution in [3.8, 4) is 0 Å². The fraction of sp³-hybridized carbons (Fsp3) is 0.375. The SMILES string of the molecule is Cc1ccc(CN2C(=O)c3ccc(C(=O)NCCCN4CCOCC4)cc3C2=O)cc1.Cl. The summed E-state index contributed by atoms with van der Waals surface area (Å²) in [7, 11) is 0. The van der Waals surface area contributed by atoms with Gasteiger partial charge in [-0.05, 0) is 43.7 Å². The fourth-order valence-corrected chi connectivity index (χ4v) is 3.88. The van der Waals surface area contributed by atoms with Crippen LogP contribution in [0.15, 0.2) is 42.5 Å². The highest BCUT2D eigenvalue weighted by Crippen LogP contribution is 2.25. The Kier molecular flexibility index (Phi) is 8.01. The van der Waals surface area contributed by atoms with Gasteiger partial charge in [-0.25, -0.2) is 0 Å². The zero-order valence-electron chi connectivity index (χ0n) is 18.1. The first-order valence-electron chi connectivity index (χ1n) is 10.7. The first kappa shape index (κ1) is 23.9. The van der Waals surface area contributed by atoms with Gasteiger partial charge in [0, 0.05) is 25.2 Å². The van der Waals surface area contributed by atoms with Crippen LogP contribution in [0.4, 0.5) is 0 Å². The number of rotatable bonds is 7. The van der Waals surface area contributed by atoms with E-state index in [1.54, 1.807) is 12.1 Å².